The summed E-state index contributed by atoms with van der Waals surface area (Å²) in [6, 6.07) is 0. The molecule has 1 saturated heterocycles. The van der Waals surface area contributed by atoms with Crippen molar-refractivity contribution in [3.63, 3.8) is 0 Å². The van der Waals surface area contributed by atoms with Crippen LogP contribution in [0.3, 0.4) is 0 Å². The normalized spacial score (nSPS) is 18.8. The van der Waals surface area contributed by atoms with Gasteiger partial charge < -0.3 is 19.3 Å². The second-order valence-corrected chi connectivity index (χ2v) is 4.95. The number of rotatable bonds is 5. The van der Waals surface area contributed by atoms with E-state index in [0.29, 0.717) is 19.4 Å². The van der Waals surface area contributed by atoms with Gasteiger partial charge in [0.15, 0.2) is 6.10 Å². The highest BCUT2D eigenvalue weighted by molar-refractivity contribution is 5.81. The third-order valence-corrected chi connectivity index (χ3v) is 3.63. The first-order chi connectivity index (χ1) is 10.1. The zero-order chi connectivity index (χ0) is 15.4. The third-order valence-electron chi connectivity index (χ3n) is 3.63. The van der Waals surface area contributed by atoms with Crippen molar-refractivity contribution in [1.29, 1.82) is 0 Å². The number of amides is 1. The Kier molecular flexibility index (Phi) is 4.95. The molecule has 0 radical (unpaired) electrons. The Morgan fingerprint density at radius 3 is 2.76 bits per heavy atom. The summed E-state index contributed by atoms with van der Waals surface area (Å²) in [5.74, 6) is -0.429. The lowest BCUT2D eigenvalue weighted by atomic mass is 10.1. The molecule has 0 bridgehead atoms. The van der Waals surface area contributed by atoms with E-state index in [-0.39, 0.29) is 25.5 Å². The molecule has 1 fully saturated rings. The monoisotopic (exact) mass is 296 g/mol. The van der Waals surface area contributed by atoms with Crippen LogP contribution in [0.5, 0.6) is 0 Å². The van der Waals surface area contributed by atoms with E-state index >= 15 is 0 Å². The molecule has 1 aromatic heterocycles. The van der Waals surface area contributed by atoms with Gasteiger partial charge in [-0.1, -0.05) is 19.0 Å². The number of carboxylic acids is 1. The van der Waals surface area contributed by atoms with Gasteiger partial charge in [0.05, 0.1) is 25.3 Å². The second-order valence-electron chi connectivity index (χ2n) is 4.95. The number of carboxylic acid groups (broad SMARTS) is 1. The van der Waals surface area contributed by atoms with Gasteiger partial charge in [0, 0.05) is 18.5 Å². The van der Waals surface area contributed by atoms with Crippen LogP contribution < -0.4 is 0 Å². The van der Waals surface area contributed by atoms with Crippen LogP contribution in [0.25, 0.3) is 0 Å². The lowest BCUT2D eigenvalue weighted by Gasteiger charge is -2.30. The highest BCUT2D eigenvalue weighted by Crippen LogP contribution is 2.18. The molecule has 0 spiro atoms. The van der Waals surface area contributed by atoms with Gasteiger partial charge in [-0.2, -0.15) is 0 Å². The van der Waals surface area contributed by atoms with Gasteiger partial charge in [0.2, 0.25) is 5.91 Å². The fraction of sp³-hybridized carbons (Fsp3) is 0.643. The van der Waals surface area contributed by atoms with Crippen molar-refractivity contribution in [2.45, 2.75) is 39.2 Å². The molecule has 1 amide bonds. The van der Waals surface area contributed by atoms with Crippen LogP contribution in [0.4, 0.5) is 0 Å². The number of morpholine rings is 1. The number of nitrogens with zero attached hydrogens (tertiary/aromatic N) is 2. The number of aromatic nitrogens is 1. The second kappa shape index (κ2) is 6.71. The lowest BCUT2D eigenvalue weighted by Crippen LogP contribution is -2.49. The maximum atomic E-state index is 12.4. The quantitative estimate of drug-likeness (QED) is 0.857. The molecule has 0 aromatic carbocycles. The predicted molar refractivity (Wildman–Crippen MR) is 72.9 cm³/mol. The topological polar surface area (TPSA) is 92.9 Å². The molecule has 21 heavy (non-hydrogen) atoms. The number of aliphatic carboxylic acids is 1. The molecule has 7 heteroatoms. The molecule has 1 atom stereocenters. The van der Waals surface area contributed by atoms with E-state index in [0.717, 1.165) is 17.0 Å². The predicted octanol–water partition coefficient (Wildman–Crippen LogP) is 0.654. The van der Waals surface area contributed by atoms with E-state index < -0.39 is 12.1 Å². The molecule has 1 N–H and O–H groups in total. The van der Waals surface area contributed by atoms with Gasteiger partial charge in [-0.15, -0.1) is 0 Å². The number of ether oxygens (including phenoxy) is 1. The average molecular weight is 296 g/mol. The van der Waals surface area contributed by atoms with Crippen molar-refractivity contribution >= 4 is 11.9 Å². The Morgan fingerprint density at radius 2 is 2.14 bits per heavy atom. The fourth-order valence-corrected chi connectivity index (χ4v) is 2.43. The van der Waals surface area contributed by atoms with Gasteiger partial charge in [-0.3, -0.25) is 4.79 Å². The van der Waals surface area contributed by atoms with Gasteiger partial charge in [0.1, 0.15) is 5.76 Å². The summed E-state index contributed by atoms with van der Waals surface area (Å²) in [6.45, 7) is 4.65. The minimum atomic E-state index is -1.04. The Balaban J connectivity index is 2.07. The van der Waals surface area contributed by atoms with Gasteiger partial charge >= 0.3 is 5.97 Å². The minimum absolute atomic E-state index is 0.0857. The molecule has 1 unspecified atom stereocenters. The Labute approximate surface area is 122 Å². The van der Waals surface area contributed by atoms with Crippen LogP contribution in [0.1, 0.15) is 30.9 Å². The fourth-order valence-electron chi connectivity index (χ4n) is 2.43. The number of carbonyl (C=O) groups is 2. The van der Waals surface area contributed by atoms with Crippen LogP contribution in [0.15, 0.2) is 4.52 Å². The van der Waals surface area contributed by atoms with E-state index in [1.807, 2.05) is 13.8 Å². The SMILES string of the molecule is CCc1noc(CC)c1CC(=O)N1CCOC(C(=O)O)C1. The van der Waals surface area contributed by atoms with Crippen LogP contribution in [-0.2, 0) is 33.6 Å². The zero-order valence-electron chi connectivity index (χ0n) is 12.3. The Morgan fingerprint density at radius 1 is 1.38 bits per heavy atom. The van der Waals surface area contributed by atoms with Crippen molar-refractivity contribution in [3.05, 3.63) is 17.0 Å². The van der Waals surface area contributed by atoms with E-state index in [9.17, 15) is 9.59 Å². The van der Waals surface area contributed by atoms with Crippen molar-refractivity contribution in [3.8, 4) is 0 Å². The molecule has 1 aliphatic heterocycles. The maximum Gasteiger partial charge on any atom is 0.334 e. The minimum Gasteiger partial charge on any atom is -0.479 e. The molecular formula is C14H20N2O5. The third kappa shape index (κ3) is 3.41. The van der Waals surface area contributed by atoms with Crippen LogP contribution in [0, 0.1) is 0 Å². The van der Waals surface area contributed by atoms with E-state index in [4.69, 9.17) is 14.4 Å². The maximum absolute atomic E-state index is 12.4. The summed E-state index contributed by atoms with van der Waals surface area (Å²) < 4.78 is 10.4. The first-order valence-corrected chi connectivity index (χ1v) is 7.15. The highest BCUT2D eigenvalue weighted by Gasteiger charge is 2.30. The molecule has 7 nitrogen and oxygen atoms in total. The van der Waals surface area contributed by atoms with E-state index in [1.165, 1.54) is 4.90 Å². The first-order valence-electron chi connectivity index (χ1n) is 7.15. The summed E-state index contributed by atoms with van der Waals surface area (Å²) in [5, 5.41) is 13.0. The van der Waals surface area contributed by atoms with Crippen LogP contribution in [-0.4, -0.2) is 52.8 Å². The summed E-state index contributed by atoms with van der Waals surface area (Å²) in [7, 11) is 0. The molecule has 1 aromatic rings. The van der Waals surface area contributed by atoms with Gasteiger partial charge in [-0.25, -0.2) is 4.79 Å². The van der Waals surface area contributed by atoms with Crippen molar-refractivity contribution < 1.29 is 24.0 Å². The number of hydrogen-bond donors (Lipinski definition) is 1. The molecular weight excluding hydrogens is 276 g/mol. The largest absolute Gasteiger partial charge is 0.479 e. The molecule has 116 valence electrons. The molecule has 2 heterocycles. The Hall–Kier alpha value is -1.89. The zero-order valence-corrected chi connectivity index (χ0v) is 12.3. The van der Waals surface area contributed by atoms with Crippen molar-refractivity contribution in [1.82, 2.24) is 10.1 Å². The van der Waals surface area contributed by atoms with Crippen molar-refractivity contribution in [2.75, 3.05) is 19.7 Å². The Bertz CT molecular complexity index is 504. The van der Waals surface area contributed by atoms with Crippen molar-refractivity contribution in [2.24, 2.45) is 0 Å². The van der Waals surface area contributed by atoms with E-state index in [2.05, 4.69) is 5.16 Å². The summed E-state index contributed by atoms with van der Waals surface area (Å²) in [4.78, 5) is 24.9. The molecule has 0 saturated carbocycles. The molecule has 2 rings (SSSR count). The summed E-state index contributed by atoms with van der Waals surface area (Å²) >= 11 is 0. The van der Waals surface area contributed by atoms with Gasteiger partial charge in [-0.05, 0) is 6.42 Å². The summed E-state index contributed by atoms with van der Waals surface area (Å²) in [6.07, 6.45) is 0.632. The molecule has 1 aliphatic rings. The molecule has 0 aliphatic carbocycles. The number of carbonyl (C=O) groups excluding carboxylic acids is 1. The highest BCUT2D eigenvalue weighted by atomic mass is 16.5. The van der Waals surface area contributed by atoms with Gasteiger partial charge in [0.25, 0.3) is 0 Å². The average Bonchev–Trinajstić information content (AvgIpc) is 2.89. The first kappa shape index (κ1) is 15.5. The van der Waals surface area contributed by atoms with Crippen LogP contribution in [0.2, 0.25) is 0 Å². The lowest BCUT2D eigenvalue weighted by molar-refractivity contribution is -0.159. The number of hydrogen-bond acceptors (Lipinski definition) is 5. The van der Waals surface area contributed by atoms with E-state index in [1.54, 1.807) is 0 Å². The smallest absolute Gasteiger partial charge is 0.334 e. The standard InChI is InChI=1S/C14H20N2O5/c1-3-10-9(11(4-2)21-15-10)7-13(17)16-5-6-20-12(8-16)14(18)19/h12H,3-8H2,1-2H3,(H,18,19). The summed E-state index contributed by atoms with van der Waals surface area (Å²) in [5.41, 5.74) is 1.63. The van der Waals surface area contributed by atoms with Crippen LogP contribution >= 0.6 is 0 Å². The number of aryl methyl sites for hydroxylation is 2.